The monoisotopic (exact) mass is 326 g/mol. The van der Waals surface area contributed by atoms with Crippen molar-refractivity contribution in [2.75, 3.05) is 19.7 Å². The molecule has 3 heterocycles. The molecule has 0 aliphatic carbocycles. The fourth-order valence-electron chi connectivity index (χ4n) is 3.82. The van der Waals surface area contributed by atoms with Crippen molar-refractivity contribution in [2.45, 2.75) is 38.6 Å². The number of para-hydroxylation sites is 1. The van der Waals surface area contributed by atoms with Gasteiger partial charge in [-0.2, -0.15) is 5.10 Å². The number of benzene rings is 1. The highest BCUT2D eigenvalue weighted by atomic mass is 16.5. The molecule has 1 aromatic heterocycles. The smallest absolute Gasteiger partial charge is 0.233 e. The van der Waals surface area contributed by atoms with Crippen LogP contribution >= 0.6 is 0 Å². The molecule has 1 aromatic carbocycles. The van der Waals surface area contributed by atoms with E-state index in [1.165, 1.54) is 0 Å². The average Bonchev–Trinajstić information content (AvgIpc) is 3.17. The molecule has 1 amide bonds. The van der Waals surface area contributed by atoms with Gasteiger partial charge in [0.25, 0.3) is 0 Å². The summed E-state index contributed by atoms with van der Waals surface area (Å²) in [7, 11) is 0. The number of ether oxygens (including phenoxy) is 1. The Kier molecular flexibility index (Phi) is 3.75. The molecule has 4 rings (SSSR count). The lowest BCUT2D eigenvalue weighted by Crippen LogP contribution is -2.43. The number of carbonyl (C=O) groups is 1. The van der Waals surface area contributed by atoms with E-state index in [9.17, 15) is 4.79 Å². The Morgan fingerprint density at radius 1 is 1.29 bits per heavy atom. The number of nitrogens with zero attached hydrogens (tertiary/aromatic N) is 4. The molecule has 2 aliphatic heterocycles. The summed E-state index contributed by atoms with van der Waals surface area (Å²) < 4.78 is 7.66. The Hall–Kier alpha value is -2.37. The molecule has 24 heavy (non-hydrogen) atoms. The number of hydrogen-bond donors (Lipinski definition) is 0. The van der Waals surface area contributed by atoms with Crippen molar-refractivity contribution in [2.24, 2.45) is 0 Å². The van der Waals surface area contributed by atoms with Crippen molar-refractivity contribution in [1.82, 2.24) is 19.7 Å². The Labute approximate surface area is 141 Å². The minimum Gasteiger partial charge on any atom is -0.492 e. The number of carbonyl (C=O) groups excluding carboxylic acids is 1. The third-order valence-corrected chi connectivity index (χ3v) is 4.96. The minimum atomic E-state index is -0.182. The molecule has 126 valence electrons. The number of aryl methyl sites for hydroxylation is 2. The zero-order valence-electron chi connectivity index (χ0n) is 14.1. The van der Waals surface area contributed by atoms with E-state index >= 15 is 0 Å². The van der Waals surface area contributed by atoms with Crippen LogP contribution in [-0.2, 0) is 4.79 Å². The van der Waals surface area contributed by atoms with Crippen LogP contribution in [-0.4, -0.2) is 45.3 Å². The SMILES string of the molecule is Cc1nc(C)n(C2CCCN(C(=O)C3COc4ccccc43)C2)n1. The summed E-state index contributed by atoms with van der Waals surface area (Å²) in [5, 5.41) is 4.50. The number of fused-ring (bicyclic) bond motifs is 1. The van der Waals surface area contributed by atoms with Gasteiger partial charge in [0.1, 0.15) is 29.9 Å². The number of aromatic nitrogens is 3. The van der Waals surface area contributed by atoms with E-state index in [1.54, 1.807) is 0 Å². The zero-order valence-corrected chi connectivity index (χ0v) is 14.1. The molecule has 0 bridgehead atoms. The standard InChI is InChI=1S/C18H22N4O2/c1-12-19-13(2)22(20-12)14-6-5-9-21(10-14)18(23)16-11-24-17-8-4-3-7-15(16)17/h3-4,7-8,14,16H,5-6,9-11H2,1-2H3. The van der Waals surface area contributed by atoms with Gasteiger partial charge < -0.3 is 9.64 Å². The van der Waals surface area contributed by atoms with Gasteiger partial charge in [-0.1, -0.05) is 18.2 Å². The van der Waals surface area contributed by atoms with Crippen LogP contribution in [0.2, 0.25) is 0 Å². The predicted octanol–water partition coefficient (Wildman–Crippen LogP) is 2.23. The Morgan fingerprint density at radius 2 is 2.12 bits per heavy atom. The maximum atomic E-state index is 13.0. The molecule has 2 aliphatic rings. The van der Waals surface area contributed by atoms with Gasteiger partial charge in [0.2, 0.25) is 5.91 Å². The second kappa shape index (κ2) is 5.92. The number of rotatable bonds is 2. The number of piperidine rings is 1. The lowest BCUT2D eigenvalue weighted by atomic mass is 9.97. The largest absolute Gasteiger partial charge is 0.492 e. The lowest BCUT2D eigenvalue weighted by Gasteiger charge is -2.34. The second-order valence-electron chi connectivity index (χ2n) is 6.63. The molecule has 1 fully saturated rings. The van der Waals surface area contributed by atoms with E-state index < -0.39 is 0 Å². The summed E-state index contributed by atoms with van der Waals surface area (Å²) in [6, 6.07) is 8.05. The van der Waals surface area contributed by atoms with E-state index in [2.05, 4.69) is 10.1 Å². The van der Waals surface area contributed by atoms with Crippen molar-refractivity contribution in [3.8, 4) is 5.75 Å². The zero-order chi connectivity index (χ0) is 16.7. The summed E-state index contributed by atoms with van der Waals surface area (Å²) in [5.74, 6) is 2.53. The van der Waals surface area contributed by atoms with Crippen LogP contribution < -0.4 is 4.74 Å². The van der Waals surface area contributed by atoms with Gasteiger partial charge in [0.05, 0.1) is 6.04 Å². The van der Waals surface area contributed by atoms with Crippen molar-refractivity contribution in [3.63, 3.8) is 0 Å². The molecular weight excluding hydrogens is 304 g/mol. The van der Waals surface area contributed by atoms with Gasteiger partial charge in [-0.25, -0.2) is 9.67 Å². The molecule has 6 nitrogen and oxygen atoms in total. The fourth-order valence-corrected chi connectivity index (χ4v) is 3.82. The van der Waals surface area contributed by atoms with Crippen LogP contribution in [0, 0.1) is 13.8 Å². The van der Waals surface area contributed by atoms with E-state index in [0.717, 1.165) is 42.3 Å². The van der Waals surface area contributed by atoms with Gasteiger partial charge >= 0.3 is 0 Å². The highest BCUT2D eigenvalue weighted by Crippen LogP contribution is 2.35. The highest BCUT2D eigenvalue weighted by Gasteiger charge is 2.35. The van der Waals surface area contributed by atoms with Gasteiger partial charge in [0, 0.05) is 18.7 Å². The van der Waals surface area contributed by atoms with E-state index in [4.69, 9.17) is 4.74 Å². The lowest BCUT2D eigenvalue weighted by molar-refractivity contribution is -0.134. The summed E-state index contributed by atoms with van der Waals surface area (Å²) in [6.45, 7) is 5.83. The quantitative estimate of drug-likeness (QED) is 0.849. The molecular formula is C18H22N4O2. The van der Waals surface area contributed by atoms with Crippen LogP contribution in [0.3, 0.4) is 0 Å². The number of amides is 1. The van der Waals surface area contributed by atoms with E-state index in [-0.39, 0.29) is 17.9 Å². The summed E-state index contributed by atoms with van der Waals surface area (Å²) in [4.78, 5) is 19.4. The second-order valence-corrected chi connectivity index (χ2v) is 6.63. The maximum Gasteiger partial charge on any atom is 0.233 e. The number of likely N-dealkylation sites (tertiary alicyclic amines) is 1. The first-order valence-electron chi connectivity index (χ1n) is 8.54. The van der Waals surface area contributed by atoms with Crippen LogP contribution in [0.5, 0.6) is 5.75 Å². The maximum absolute atomic E-state index is 13.0. The third kappa shape index (κ3) is 2.56. The van der Waals surface area contributed by atoms with Crippen molar-refractivity contribution >= 4 is 5.91 Å². The van der Waals surface area contributed by atoms with Crippen molar-refractivity contribution < 1.29 is 9.53 Å². The molecule has 6 heteroatoms. The first-order chi connectivity index (χ1) is 11.6. The van der Waals surface area contributed by atoms with Gasteiger partial charge in [-0.15, -0.1) is 0 Å². The van der Waals surface area contributed by atoms with Gasteiger partial charge in [-0.3, -0.25) is 4.79 Å². The predicted molar refractivity (Wildman–Crippen MR) is 89.0 cm³/mol. The first-order valence-corrected chi connectivity index (χ1v) is 8.54. The molecule has 2 aromatic rings. The van der Waals surface area contributed by atoms with Crippen molar-refractivity contribution in [1.29, 1.82) is 0 Å². The molecule has 2 atom stereocenters. The molecule has 0 saturated carbocycles. The van der Waals surface area contributed by atoms with Gasteiger partial charge in [-0.05, 0) is 32.8 Å². The van der Waals surface area contributed by atoms with Crippen LogP contribution in [0.4, 0.5) is 0 Å². The summed E-state index contributed by atoms with van der Waals surface area (Å²) in [5.41, 5.74) is 1.01. The topological polar surface area (TPSA) is 60.2 Å². The summed E-state index contributed by atoms with van der Waals surface area (Å²) >= 11 is 0. The fraction of sp³-hybridized carbons (Fsp3) is 0.500. The third-order valence-electron chi connectivity index (χ3n) is 4.96. The Morgan fingerprint density at radius 3 is 2.92 bits per heavy atom. The molecule has 0 N–H and O–H groups in total. The van der Waals surface area contributed by atoms with Gasteiger partial charge in [0.15, 0.2) is 0 Å². The van der Waals surface area contributed by atoms with Crippen LogP contribution in [0.15, 0.2) is 24.3 Å². The minimum absolute atomic E-state index is 0.166. The molecule has 1 saturated heterocycles. The average molecular weight is 326 g/mol. The van der Waals surface area contributed by atoms with Crippen LogP contribution in [0.25, 0.3) is 0 Å². The normalized spacial score (nSPS) is 23.0. The first kappa shape index (κ1) is 15.2. The van der Waals surface area contributed by atoms with Crippen LogP contribution in [0.1, 0.15) is 42.0 Å². The molecule has 0 spiro atoms. The molecule has 2 unspecified atom stereocenters. The van der Waals surface area contributed by atoms with E-state index in [0.29, 0.717) is 13.2 Å². The Balaban J connectivity index is 1.52. The van der Waals surface area contributed by atoms with Crippen molar-refractivity contribution in [3.05, 3.63) is 41.5 Å². The molecule has 0 radical (unpaired) electrons. The number of hydrogen-bond acceptors (Lipinski definition) is 4. The van der Waals surface area contributed by atoms with E-state index in [1.807, 2.05) is 47.7 Å². The summed E-state index contributed by atoms with van der Waals surface area (Å²) in [6.07, 6.45) is 2.02. The highest BCUT2D eigenvalue weighted by molar-refractivity contribution is 5.85. The Bertz CT molecular complexity index is 770.